The number of carbonyl (C=O) groups excluding carboxylic acids is 2. The number of thiazole rings is 1. The normalized spacial score (nSPS) is 24.7. The number of aliphatic carboxylic acids is 1. The van der Waals surface area contributed by atoms with Crippen LogP contribution in [-0.4, -0.2) is 67.0 Å². The van der Waals surface area contributed by atoms with Crippen molar-refractivity contribution in [3.8, 4) is 11.3 Å². The van der Waals surface area contributed by atoms with Crippen LogP contribution in [-0.2, 0) is 14.4 Å². The Morgan fingerprint density at radius 1 is 1.40 bits per heavy atom. The van der Waals surface area contributed by atoms with Crippen molar-refractivity contribution in [1.29, 1.82) is 0 Å². The number of hydrogen-bond acceptors (Lipinski definition) is 7. The first-order chi connectivity index (χ1) is 14.5. The zero-order valence-electron chi connectivity index (χ0n) is 16.0. The van der Waals surface area contributed by atoms with Gasteiger partial charge in [-0.05, 0) is 24.1 Å². The molecule has 10 heteroatoms. The number of carboxylic acid groups (broad SMARTS) is 1. The maximum atomic E-state index is 12.7. The molecule has 1 N–H and O–H groups in total. The number of carboxylic acids is 1. The van der Waals surface area contributed by atoms with Gasteiger partial charge < -0.3 is 10.0 Å². The summed E-state index contributed by atoms with van der Waals surface area (Å²) in [7, 11) is 0. The third-order valence-electron chi connectivity index (χ3n) is 5.93. The summed E-state index contributed by atoms with van der Waals surface area (Å²) in [6, 6.07) is 3.02. The highest BCUT2D eigenvalue weighted by atomic mass is 32.2. The van der Waals surface area contributed by atoms with Crippen LogP contribution in [0.25, 0.3) is 11.3 Å². The van der Waals surface area contributed by atoms with E-state index in [1.807, 2.05) is 17.5 Å². The first-order valence-electron chi connectivity index (χ1n) is 9.52. The van der Waals surface area contributed by atoms with Crippen LogP contribution >= 0.6 is 23.1 Å². The van der Waals surface area contributed by atoms with E-state index in [4.69, 9.17) is 0 Å². The summed E-state index contributed by atoms with van der Waals surface area (Å²) < 4.78 is 0.837. The van der Waals surface area contributed by atoms with Gasteiger partial charge in [-0.1, -0.05) is 11.8 Å². The van der Waals surface area contributed by atoms with Crippen molar-refractivity contribution in [2.45, 2.75) is 29.8 Å². The average molecular weight is 443 g/mol. The number of piperidine rings is 1. The Kier molecular flexibility index (Phi) is 4.62. The van der Waals surface area contributed by atoms with Gasteiger partial charge in [-0.15, -0.1) is 11.3 Å². The second-order valence-corrected chi connectivity index (χ2v) is 9.54. The number of pyridine rings is 1. The van der Waals surface area contributed by atoms with Crippen LogP contribution in [0.3, 0.4) is 0 Å². The van der Waals surface area contributed by atoms with Gasteiger partial charge in [0.1, 0.15) is 11.7 Å². The molecule has 1 unspecified atom stereocenters. The molecule has 2 fully saturated rings. The molecule has 5 heterocycles. The molecule has 154 valence electrons. The highest BCUT2D eigenvalue weighted by molar-refractivity contribution is 8.01. The molecule has 5 rings (SSSR count). The lowest BCUT2D eigenvalue weighted by molar-refractivity contribution is -0.168. The maximum absolute atomic E-state index is 12.7. The molecule has 0 bridgehead atoms. The largest absolute Gasteiger partial charge is 0.477 e. The number of aromatic nitrogens is 2. The Labute approximate surface area is 180 Å². The second kappa shape index (κ2) is 7.21. The van der Waals surface area contributed by atoms with Crippen LogP contribution in [0, 0.1) is 5.92 Å². The predicted molar refractivity (Wildman–Crippen MR) is 111 cm³/mol. The van der Waals surface area contributed by atoms with E-state index in [1.54, 1.807) is 17.3 Å². The average Bonchev–Trinajstić information content (AvgIpc) is 3.33. The zero-order chi connectivity index (χ0) is 21.0. The molecule has 3 atom stereocenters. The fraction of sp³-hybridized carbons (Fsp3) is 0.350. The lowest BCUT2D eigenvalue weighted by atomic mass is 9.78. The summed E-state index contributed by atoms with van der Waals surface area (Å²) in [6.07, 6.45) is 4.13. The molecule has 0 radical (unpaired) electrons. The monoisotopic (exact) mass is 442 g/mol. The number of carbonyl (C=O) groups is 3. The van der Waals surface area contributed by atoms with E-state index in [0.717, 1.165) is 21.2 Å². The molecule has 0 aliphatic carbocycles. The van der Waals surface area contributed by atoms with Crippen molar-refractivity contribution in [2.75, 3.05) is 12.3 Å². The molecular formula is C20H18N4O4S2. The first-order valence-corrected chi connectivity index (χ1v) is 11.4. The first kappa shape index (κ1) is 19.3. The van der Waals surface area contributed by atoms with Crippen LogP contribution in [0.2, 0.25) is 0 Å². The smallest absolute Gasteiger partial charge is 0.352 e. The van der Waals surface area contributed by atoms with Crippen molar-refractivity contribution in [2.24, 2.45) is 5.92 Å². The van der Waals surface area contributed by atoms with Crippen molar-refractivity contribution >= 4 is 40.9 Å². The van der Waals surface area contributed by atoms with Gasteiger partial charge >= 0.3 is 5.97 Å². The SMILES string of the molecule is CC(=O)N1CCC2C(CSc3nc(-c4cccnc4)cs3)=C(C(=O)O)N3C(=O)[C@@H]1[C@@H]23. The van der Waals surface area contributed by atoms with E-state index in [-0.39, 0.29) is 29.5 Å². The van der Waals surface area contributed by atoms with Crippen LogP contribution in [0.4, 0.5) is 0 Å². The van der Waals surface area contributed by atoms with Crippen molar-refractivity contribution in [3.05, 3.63) is 41.2 Å². The van der Waals surface area contributed by atoms with E-state index in [0.29, 0.717) is 18.7 Å². The van der Waals surface area contributed by atoms with Gasteiger partial charge in [-0.3, -0.25) is 19.5 Å². The number of β-lactam (4-membered cyclic amide) rings is 1. The highest BCUT2D eigenvalue weighted by Gasteiger charge is 2.63. The minimum absolute atomic E-state index is 0.0281. The lowest BCUT2D eigenvalue weighted by Gasteiger charge is -2.53. The van der Waals surface area contributed by atoms with Crippen LogP contribution < -0.4 is 0 Å². The molecule has 0 aromatic carbocycles. The van der Waals surface area contributed by atoms with Gasteiger partial charge in [0.05, 0.1) is 11.7 Å². The Morgan fingerprint density at radius 2 is 2.23 bits per heavy atom. The number of amides is 2. The Hall–Kier alpha value is -2.72. The van der Waals surface area contributed by atoms with Gasteiger partial charge in [-0.2, -0.15) is 0 Å². The third-order valence-corrected chi connectivity index (χ3v) is 8.00. The number of hydrogen-bond donors (Lipinski definition) is 1. The molecule has 0 saturated carbocycles. The molecular weight excluding hydrogens is 424 g/mol. The highest BCUT2D eigenvalue weighted by Crippen LogP contribution is 2.50. The Balaban J connectivity index is 1.38. The molecule has 0 spiro atoms. The van der Waals surface area contributed by atoms with E-state index in [1.165, 1.54) is 34.9 Å². The number of rotatable bonds is 5. The lowest BCUT2D eigenvalue weighted by Crippen LogP contribution is -2.73. The van der Waals surface area contributed by atoms with E-state index in [2.05, 4.69) is 9.97 Å². The molecule has 2 aromatic rings. The number of nitrogens with zero attached hydrogens (tertiary/aromatic N) is 4. The molecule has 2 aromatic heterocycles. The van der Waals surface area contributed by atoms with Gasteiger partial charge in [0, 0.05) is 48.5 Å². The fourth-order valence-electron chi connectivity index (χ4n) is 4.65. The van der Waals surface area contributed by atoms with Crippen LogP contribution in [0.1, 0.15) is 13.3 Å². The minimum atomic E-state index is -1.09. The Bertz CT molecular complexity index is 1080. The van der Waals surface area contributed by atoms with E-state index < -0.39 is 12.0 Å². The zero-order valence-corrected chi connectivity index (χ0v) is 17.7. The van der Waals surface area contributed by atoms with Crippen molar-refractivity contribution in [1.82, 2.24) is 19.8 Å². The summed E-state index contributed by atoms with van der Waals surface area (Å²) in [5, 5.41) is 11.8. The van der Waals surface area contributed by atoms with Crippen molar-refractivity contribution in [3.63, 3.8) is 0 Å². The van der Waals surface area contributed by atoms with Crippen LogP contribution in [0.5, 0.6) is 0 Å². The maximum Gasteiger partial charge on any atom is 0.352 e. The second-order valence-electron chi connectivity index (χ2n) is 7.46. The van der Waals surface area contributed by atoms with E-state index in [9.17, 15) is 19.5 Å². The summed E-state index contributed by atoms with van der Waals surface area (Å²) in [4.78, 5) is 48.3. The van der Waals surface area contributed by atoms with Gasteiger partial charge in [-0.25, -0.2) is 9.78 Å². The van der Waals surface area contributed by atoms with Gasteiger partial charge in [0.15, 0.2) is 4.34 Å². The summed E-state index contributed by atoms with van der Waals surface area (Å²) in [5.41, 5.74) is 2.63. The topological polar surface area (TPSA) is 104 Å². The van der Waals surface area contributed by atoms with Gasteiger partial charge in [0.2, 0.25) is 5.91 Å². The summed E-state index contributed by atoms with van der Waals surface area (Å²) in [5.74, 6) is -1.09. The van der Waals surface area contributed by atoms with Gasteiger partial charge in [0.25, 0.3) is 5.91 Å². The standard InChI is InChI=1S/C20H18N4O4S2/c1-10(25)23-6-4-12-13(16(19(27)28)24-15(12)17(23)18(24)26)8-29-20-22-14(9-30-20)11-3-2-5-21-7-11/h2-3,5,7,9,12,15,17H,4,6,8H2,1H3,(H,27,28)/t12?,15-,17+/m1/s1. The van der Waals surface area contributed by atoms with E-state index >= 15 is 0 Å². The fourth-order valence-corrected chi connectivity index (χ4v) is 6.59. The predicted octanol–water partition coefficient (Wildman–Crippen LogP) is 2.10. The molecule has 30 heavy (non-hydrogen) atoms. The minimum Gasteiger partial charge on any atom is -0.477 e. The molecule has 2 amide bonds. The Morgan fingerprint density at radius 3 is 2.93 bits per heavy atom. The summed E-state index contributed by atoms with van der Waals surface area (Å²) >= 11 is 2.99. The quantitative estimate of drug-likeness (QED) is 0.559. The van der Waals surface area contributed by atoms with Crippen LogP contribution in [0.15, 0.2) is 45.5 Å². The van der Waals surface area contributed by atoms with Crippen molar-refractivity contribution < 1.29 is 19.5 Å². The molecule has 2 saturated heterocycles. The summed E-state index contributed by atoms with van der Waals surface area (Å²) in [6.45, 7) is 1.93. The third kappa shape index (κ3) is 2.85. The number of thioether (sulfide) groups is 1. The number of likely N-dealkylation sites (tertiary alicyclic amines) is 1. The molecule has 3 aliphatic rings. The molecule has 8 nitrogen and oxygen atoms in total. The molecule has 3 aliphatic heterocycles.